The van der Waals surface area contributed by atoms with Gasteiger partial charge in [0.15, 0.2) is 16.6 Å². The van der Waals surface area contributed by atoms with Gasteiger partial charge in [-0.05, 0) is 48.2 Å². The maximum atomic E-state index is 10.1. The first-order valence-corrected chi connectivity index (χ1v) is 18.9. The van der Waals surface area contributed by atoms with Crippen LogP contribution < -0.4 is 0 Å². The Morgan fingerprint density at radius 3 is 1.74 bits per heavy atom. The zero-order valence-corrected chi connectivity index (χ0v) is 25.4. The fourth-order valence-electron chi connectivity index (χ4n) is 5.06. The Labute approximate surface area is 213 Å². The molecule has 0 bridgehead atoms. The molecule has 4 nitrogen and oxygen atoms in total. The molecule has 0 aliphatic carbocycles. The van der Waals surface area contributed by atoms with E-state index in [2.05, 4.69) is 79.7 Å². The molecule has 0 aromatic heterocycles. The van der Waals surface area contributed by atoms with Gasteiger partial charge in [-0.25, -0.2) is 0 Å². The van der Waals surface area contributed by atoms with Crippen molar-refractivity contribution in [3.8, 4) is 0 Å². The maximum Gasteiger partial charge on any atom is 0.192 e. The smallest absolute Gasteiger partial charge is 0.192 e. The van der Waals surface area contributed by atoms with Crippen LogP contribution in [0.5, 0.6) is 0 Å². The molecule has 0 unspecified atom stereocenters. The normalized spacial score (nSPS) is 16.3. The highest BCUT2D eigenvalue weighted by molar-refractivity contribution is 6.74. The first-order valence-electron chi connectivity index (χ1n) is 13.9. The van der Waals surface area contributed by atoms with Crippen molar-refractivity contribution in [2.75, 3.05) is 13.2 Å². The minimum absolute atomic E-state index is 0.00732. The molecule has 1 aromatic carbocycles. The summed E-state index contributed by atoms with van der Waals surface area (Å²) < 4.78 is 20.2. The molecule has 0 saturated carbocycles. The van der Waals surface area contributed by atoms with Crippen molar-refractivity contribution in [1.82, 2.24) is 0 Å². The largest absolute Gasteiger partial charge is 0.413 e. The van der Waals surface area contributed by atoms with Gasteiger partial charge in [-0.1, -0.05) is 85.7 Å². The zero-order chi connectivity index (χ0) is 25.6. The van der Waals surface area contributed by atoms with Gasteiger partial charge in [0.05, 0.1) is 18.8 Å². The lowest BCUT2D eigenvalue weighted by Crippen LogP contribution is -2.50. The van der Waals surface area contributed by atoms with Gasteiger partial charge in [0.2, 0.25) is 0 Å². The number of rotatable bonds is 19. The van der Waals surface area contributed by atoms with Crippen LogP contribution in [0.2, 0.25) is 36.3 Å². The predicted octanol–water partition coefficient (Wildman–Crippen LogP) is 7.64. The van der Waals surface area contributed by atoms with E-state index in [1.807, 2.05) is 6.07 Å². The first kappa shape index (κ1) is 31.5. The average Bonchev–Trinajstić information content (AvgIpc) is 2.89. The summed E-state index contributed by atoms with van der Waals surface area (Å²) in [5.41, 5.74) is 1.20. The number of aliphatic hydroxyl groups is 1. The molecular weight excluding hydrogens is 456 g/mol. The highest BCUT2D eigenvalue weighted by atomic mass is 28.4. The Balaban J connectivity index is 3.10. The van der Waals surface area contributed by atoms with E-state index in [1.165, 1.54) is 5.56 Å². The number of ether oxygens (including phenoxy) is 1. The van der Waals surface area contributed by atoms with Crippen LogP contribution in [-0.2, 0) is 20.2 Å². The second kappa shape index (κ2) is 16.3. The summed E-state index contributed by atoms with van der Waals surface area (Å²) in [6.45, 7) is 19.6. The average molecular weight is 511 g/mol. The van der Waals surface area contributed by atoms with Crippen LogP contribution in [0.15, 0.2) is 30.3 Å². The molecule has 0 amide bonds. The number of hydrogen-bond donors (Lipinski definition) is 1. The van der Waals surface area contributed by atoms with Gasteiger partial charge in [0.25, 0.3) is 0 Å². The van der Waals surface area contributed by atoms with Gasteiger partial charge in [-0.15, -0.1) is 0 Å². The molecule has 1 aromatic rings. The van der Waals surface area contributed by atoms with Crippen molar-refractivity contribution in [1.29, 1.82) is 0 Å². The van der Waals surface area contributed by atoms with E-state index in [4.69, 9.17) is 13.6 Å². The molecule has 1 rings (SSSR count). The van der Waals surface area contributed by atoms with Crippen molar-refractivity contribution in [3.63, 3.8) is 0 Å². The predicted molar refractivity (Wildman–Crippen MR) is 150 cm³/mol. The van der Waals surface area contributed by atoms with Gasteiger partial charge in [-0.3, -0.25) is 0 Å². The molecule has 198 valence electrons. The van der Waals surface area contributed by atoms with Gasteiger partial charge < -0.3 is 18.7 Å². The molecule has 0 fully saturated rings. The number of hydrogen-bond acceptors (Lipinski definition) is 4. The minimum atomic E-state index is -1.82. The van der Waals surface area contributed by atoms with E-state index in [-0.39, 0.29) is 30.7 Å². The van der Waals surface area contributed by atoms with Crippen LogP contribution in [0.25, 0.3) is 0 Å². The molecule has 1 N–H and O–H groups in total. The second-order valence-electron chi connectivity index (χ2n) is 10.1. The first-order chi connectivity index (χ1) is 16.3. The van der Waals surface area contributed by atoms with Crippen molar-refractivity contribution in [3.05, 3.63) is 35.9 Å². The van der Waals surface area contributed by atoms with Crippen molar-refractivity contribution < 1.29 is 18.7 Å². The molecule has 0 aliphatic rings. The Hall–Kier alpha value is -0.506. The van der Waals surface area contributed by atoms with Gasteiger partial charge in [0.1, 0.15) is 0 Å². The summed E-state index contributed by atoms with van der Waals surface area (Å²) >= 11 is 0. The van der Waals surface area contributed by atoms with Crippen LogP contribution in [0.1, 0.15) is 67.4 Å². The monoisotopic (exact) mass is 510 g/mol. The van der Waals surface area contributed by atoms with Gasteiger partial charge in [-0.2, -0.15) is 0 Å². The van der Waals surface area contributed by atoms with Crippen molar-refractivity contribution in [2.24, 2.45) is 11.8 Å². The van der Waals surface area contributed by atoms with E-state index in [1.54, 1.807) is 0 Å². The van der Waals surface area contributed by atoms with E-state index >= 15 is 0 Å². The van der Waals surface area contributed by atoms with Crippen LogP contribution in [-0.4, -0.2) is 47.2 Å². The van der Waals surface area contributed by atoms with Crippen LogP contribution in [0.4, 0.5) is 0 Å². The fraction of sp³-hybridized carbons (Fsp3) is 0.786. The third-order valence-electron chi connectivity index (χ3n) is 8.27. The molecule has 34 heavy (non-hydrogen) atoms. The maximum absolute atomic E-state index is 10.1. The number of aliphatic hydroxyl groups excluding tert-OH is 1. The van der Waals surface area contributed by atoms with Crippen LogP contribution in [0.3, 0.4) is 0 Å². The molecule has 0 heterocycles. The summed E-state index contributed by atoms with van der Waals surface area (Å²) in [7, 11) is -3.62. The molecular formula is C28H54O4Si2. The molecule has 0 radical (unpaired) electrons. The highest BCUT2D eigenvalue weighted by Crippen LogP contribution is 2.34. The molecule has 0 spiro atoms. The highest BCUT2D eigenvalue weighted by Gasteiger charge is 2.41. The quantitative estimate of drug-likeness (QED) is 0.153. The van der Waals surface area contributed by atoms with E-state index < -0.39 is 16.6 Å². The molecule has 4 atom stereocenters. The molecule has 6 heteroatoms. The van der Waals surface area contributed by atoms with Crippen LogP contribution in [0, 0.1) is 11.8 Å². The van der Waals surface area contributed by atoms with Crippen LogP contribution >= 0.6 is 0 Å². The van der Waals surface area contributed by atoms with E-state index in [0.29, 0.717) is 13.2 Å². The summed E-state index contributed by atoms with van der Waals surface area (Å²) in [5.74, 6) is 0.291. The van der Waals surface area contributed by atoms with E-state index in [9.17, 15) is 5.11 Å². The summed E-state index contributed by atoms with van der Waals surface area (Å²) in [6, 6.07) is 17.1. The SMILES string of the molecule is CC[Si](CC)(CC)O[C@@H]([C@@H](C)[C@H](CCOCc1ccccc1)O[Si](CC)(CC)CC)[C@@H](C)CO. The third kappa shape index (κ3) is 9.18. The summed E-state index contributed by atoms with van der Waals surface area (Å²) in [4.78, 5) is 0. The minimum Gasteiger partial charge on any atom is -0.413 e. The number of benzene rings is 1. The van der Waals surface area contributed by atoms with E-state index in [0.717, 1.165) is 42.7 Å². The Morgan fingerprint density at radius 2 is 1.26 bits per heavy atom. The standard InChI is InChI=1S/C28H54O4Si2/c1-9-33(10-2,11-3)31-27(20-21-30-23-26-18-16-15-17-19-26)25(8)28(24(7)22-29)32-34(12-4,13-5)14-6/h15-19,24-25,27-29H,9-14,20-23H2,1-8H3/t24-,25-,27-,28+/m0/s1. The lowest BCUT2D eigenvalue weighted by Gasteiger charge is -2.43. The van der Waals surface area contributed by atoms with Crippen molar-refractivity contribution in [2.45, 2.75) is 117 Å². The fourth-order valence-corrected chi connectivity index (χ4v) is 11.1. The zero-order valence-electron chi connectivity index (χ0n) is 23.4. The Bertz CT molecular complexity index is 618. The topological polar surface area (TPSA) is 47.9 Å². The van der Waals surface area contributed by atoms with Gasteiger partial charge in [0, 0.05) is 25.0 Å². The Morgan fingerprint density at radius 1 is 0.765 bits per heavy atom. The summed E-state index contributed by atoms with van der Waals surface area (Å²) in [6.07, 6.45) is 0.950. The lowest BCUT2D eigenvalue weighted by molar-refractivity contribution is -0.0190. The van der Waals surface area contributed by atoms with Crippen molar-refractivity contribution >= 4 is 16.6 Å². The summed E-state index contributed by atoms with van der Waals surface area (Å²) in [5, 5.41) is 10.1. The lowest BCUT2D eigenvalue weighted by atomic mass is 9.88. The Kier molecular flexibility index (Phi) is 15.1. The third-order valence-corrected chi connectivity index (χ3v) is 17.6. The molecule has 0 saturated heterocycles. The molecule has 0 aliphatic heterocycles. The van der Waals surface area contributed by atoms with Gasteiger partial charge >= 0.3 is 0 Å². The second-order valence-corrected chi connectivity index (χ2v) is 19.5.